The number of aliphatic hydroxyl groups is 2. The lowest BCUT2D eigenvalue weighted by Crippen LogP contribution is -3.11. The molecular weight excluding hydrogens is 522 g/mol. The van der Waals surface area contributed by atoms with Crippen molar-refractivity contribution in [2.24, 2.45) is 0 Å². The van der Waals surface area contributed by atoms with Crippen LogP contribution in [-0.2, 0) is 9.47 Å². The van der Waals surface area contributed by atoms with Crippen LogP contribution in [0.2, 0.25) is 0 Å². The molecule has 4 fully saturated rings. The Kier molecular flexibility index (Phi) is 5.17. The van der Waals surface area contributed by atoms with Crippen molar-refractivity contribution in [3.05, 3.63) is 0 Å². The van der Waals surface area contributed by atoms with E-state index in [2.05, 4.69) is 9.47 Å². The topological polar surface area (TPSA) is 58.9 Å². The molecule has 4 aliphatic carbocycles. The van der Waals surface area contributed by atoms with E-state index in [1.54, 1.807) is 0 Å². The largest absolute Gasteiger partial charge is 0.391 e. The van der Waals surface area contributed by atoms with Gasteiger partial charge in [0, 0.05) is 0 Å². The van der Waals surface area contributed by atoms with Gasteiger partial charge in [-0.3, -0.25) is 0 Å². The van der Waals surface area contributed by atoms with Gasteiger partial charge in [-0.1, -0.05) is 0 Å². The zero-order chi connectivity index (χ0) is 27.0. The van der Waals surface area contributed by atoms with Crippen LogP contribution in [0.1, 0.15) is 13.8 Å². The molecule has 200 valence electrons. The first-order chi connectivity index (χ1) is 14.8. The molecule has 4 saturated carbocycles. The van der Waals surface area contributed by atoms with Gasteiger partial charge in [0.05, 0.1) is 25.4 Å². The van der Waals surface area contributed by atoms with Crippen LogP contribution < -0.4 is 0 Å². The number of aliphatic hydroxyl groups excluding tert-OH is 2. The number of halogens is 14. The summed E-state index contributed by atoms with van der Waals surface area (Å²) in [7, 11) is 0. The second-order valence-corrected chi connectivity index (χ2v) is 8.45. The summed E-state index contributed by atoms with van der Waals surface area (Å²) in [6.07, 6.45) is -4.73. The Bertz CT molecular complexity index is 772. The maximum absolute atomic E-state index is 15.4. The molecule has 0 heterocycles. The van der Waals surface area contributed by atoms with Crippen molar-refractivity contribution in [2.75, 3.05) is 13.2 Å². The Morgan fingerprint density at radius 3 is 0.912 bits per heavy atom. The molecule has 4 rings (SSSR count). The fraction of sp³-hybridized carbons (Fsp3) is 1.00. The molecule has 2 atom stereocenters. The standard InChI is InChI=1S/C16H14F14O4/c1-5(31)3-33-9-12(21,22)7(17)11(19,20)8(18,13(9,23)24)15(27,28)10(14(7,25)26,16(9,29)30)34-4-6(2)32/h5-6,31-32H,3-4H2,1-2H3. The molecular formula is C16H14F14O4. The van der Waals surface area contributed by atoms with Gasteiger partial charge < -0.3 is 19.7 Å². The Morgan fingerprint density at radius 2 is 0.706 bits per heavy atom. The smallest absolute Gasteiger partial charge is 0.339 e. The van der Waals surface area contributed by atoms with Crippen molar-refractivity contribution >= 4 is 0 Å². The summed E-state index contributed by atoms with van der Waals surface area (Å²) in [4.78, 5) is 0. The molecule has 0 amide bonds. The second kappa shape index (κ2) is 6.40. The molecule has 4 nitrogen and oxygen atoms in total. The summed E-state index contributed by atoms with van der Waals surface area (Å²) < 4.78 is 217. The van der Waals surface area contributed by atoms with Gasteiger partial charge in [-0.25, -0.2) is 8.78 Å². The number of rotatable bonds is 6. The highest BCUT2D eigenvalue weighted by Crippen LogP contribution is 2.88. The van der Waals surface area contributed by atoms with E-state index >= 15 is 17.6 Å². The van der Waals surface area contributed by atoms with Crippen molar-refractivity contribution in [2.45, 2.75) is 84.1 Å². The summed E-state index contributed by atoms with van der Waals surface area (Å²) >= 11 is 0. The zero-order valence-corrected chi connectivity index (χ0v) is 16.6. The third-order valence-corrected chi connectivity index (χ3v) is 6.33. The van der Waals surface area contributed by atoms with Crippen LogP contribution in [0.25, 0.3) is 0 Å². The minimum atomic E-state index is -7.74. The number of hydrogen-bond acceptors (Lipinski definition) is 4. The third-order valence-electron chi connectivity index (χ3n) is 6.33. The summed E-state index contributed by atoms with van der Waals surface area (Å²) in [5.41, 5.74) is -28.6. The quantitative estimate of drug-likeness (QED) is 0.511. The average molecular weight is 536 g/mol. The van der Waals surface area contributed by atoms with E-state index in [1.807, 2.05) is 0 Å². The molecule has 34 heavy (non-hydrogen) atoms. The van der Waals surface area contributed by atoms with Gasteiger partial charge in [-0.2, -0.15) is 52.7 Å². The Balaban J connectivity index is 2.63. The van der Waals surface area contributed by atoms with Gasteiger partial charge >= 0.3 is 46.9 Å². The molecule has 0 aromatic heterocycles. The molecule has 0 aliphatic heterocycles. The van der Waals surface area contributed by atoms with Crippen LogP contribution in [0.3, 0.4) is 0 Å². The maximum Gasteiger partial charge on any atom is 0.339 e. The van der Waals surface area contributed by atoms with Crippen molar-refractivity contribution in [1.82, 2.24) is 0 Å². The molecule has 2 unspecified atom stereocenters. The highest BCUT2D eigenvalue weighted by Gasteiger charge is 3.23. The van der Waals surface area contributed by atoms with Crippen LogP contribution in [-0.4, -0.2) is 93.7 Å². The van der Waals surface area contributed by atoms with E-state index in [-0.39, 0.29) is 0 Å². The van der Waals surface area contributed by atoms with E-state index in [0.717, 1.165) is 0 Å². The van der Waals surface area contributed by atoms with Crippen molar-refractivity contribution < 1.29 is 81.2 Å². The van der Waals surface area contributed by atoms with Gasteiger partial charge in [-0.05, 0) is 13.8 Å². The Labute approximate surface area is 179 Å². The maximum atomic E-state index is 15.4. The first-order valence-corrected chi connectivity index (χ1v) is 9.12. The van der Waals surface area contributed by atoms with Gasteiger partial charge in [0.2, 0.25) is 0 Å². The van der Waals surface area contributed by atoms with Gasteiger partial charge in [0.25, 0.3) is 11.2 Å². The van der Waals surface area contributed by atoms with Crippen LogP contribution in [0.15, 0.2) is 0 Å². The SMILES string of the molecule is CC(O)COC12C(F)(F)C3(F)C(F)(F)C(F)(C1(F)F)C(F)(F)C(OCC(C)O)(C3(F)F)C2(F)F. The summed E-state index contributed by atoms with van der Waals surface area (Å²) in [6.45, 7) is -3.55. The van der Waals surface area contributed by atoms with E-state index < -0.39 is 83.5 Å². The number of alkyl halides is 14. The predicted octanol–water partition coefficient (Wildman–Crippen LogP) is 3.53. The van der Waals surface area contributed by atoms with Crippen molar-refractivity contribution in [1.29, 1.82) is 0 Å². The molecule has 0 saturated heterocycles. The van der Waals surface area contributed by atoms with Gasteiger partial charge in [0.15, 0.2) is 0 Å². The summed E-state index contributed by atoms with van der Waals surface area (Å²) in [5.74, 6) is -45.0. The van der Waals surface area contributed by atoms with E-state index in [4.69, 9.17) is 10.2 Å². The summed E-state index contributed by atoms with van der Waals surface area (Å²) in [5, 5.41) is 18.2. The normalized spacial score (nSPS) is 45.7. The minimum absolute atomic E-state index is 0.447. The lowest BCUT2D eigenvalue weighted by Gasteiger charge is -2.76. The highest BCUT2D eigenvalue weighted by molar-refractivity contribution is 5.54. The molecule has 18 heteroatoms. The van der Waals surface area contributed by atoms with E-state index in [9.17, 15) is 43.9 Å². The summed E-state index contributed by atoms with van der Waals surface area (Å²) in [6, 6.07) is 0. The molecule has 0 aromatic rings. The second-order valence-electron chi connectivity index (χ2n) is 8.45. The lowest BCUT2D eigenvalue weighted by atomic mass is 9.39. The minimum Gasteiger partial charge on any atom is -0.391 e. The zero-order valence-electron chi connectivity index (χ0n) is 16.6. The molecule has 4 bridgehead atoms. The molecule has 0 radical (unpaired) electrons. The Hall–Kier alpha value is -1.14. The monoisotopic (exact) mass is 536 g/mol. The van der Waals surface area contributed by atoms with Crippen LogP contribution >= 0.6 is 0 Å². The van der Waals surface area contributed by atoms with Crippen LogP contribution in [0.5, 0.6) is 0 Å². The first-order valence-electron chi connectivity index (χ1n) is 9.12. The number of ether oxygens (including phenoxy) is 2. The molecule has 4 aliphatic rings. The lowest BCUT2D eigenvalue weighted by molar-refractivity contribution is -0.630. The van der Waals surface area contributed by atoms with Crippen LogP contribution in [0.4, 0.5) is 61.5 Å². The fourth-order valence-corrected chi connectivity index (χ4v) is 4.86. The molecule has 0 spiro atoms. The first kappa shape index (κ1) is 27.4. The van der Waals surface area contributed by atoms with Crippen LogP contribution in [0, 0.1) is 0 Å². The average Bonchev–Trinajstić information content (AvgIpc) is 2.62. The third kappa shape index (κ3) is 1.95. The highest BCUT2D eigenvalue weighted by atomic mass is 19.3. The molecule has 2 N–H and O–H groups in total. The van der Waals surface area contributed by atoms with Crippen molar-refractivity contribution in [3.63, 3.8) is 0 Å². The fourth-order valence-electron chi connectivity index (χ4n) is 4.86. The van der Waals surface area contributed by atoms with E-state index in [1.165, 1.54) is 0 Å². The van der Waals surface area contributed by atoms with E-state index in [0.29, 0.717) is 13.8 Å². The van der Waals surface area contributed by atoms with Gasteiger partial charge in [0.1, 0.15) is 0 Å². The van der Waals surface area contributed by atoms with Crippen molar-refractivity contribution in [3.8, 4) is 0 Å². The van der Waals surface area contributed by atoms with Gasteiger partial charge in [-0.15, -0.1) is 0 Å². The number of hydrogen-bond donors (Lipinski definition) is 2. The predicted molar refractivity (Wildman–Crippen MR) is 78.1 cm³/mol. The molecule has 0 aromatic carbocycles. The Morgan fingerprint density at radius 1 is 0.471 bits per heavy atom.